The Labute approximate surface area is 194 Å². The van der Waals surface area contributed by atoms with Crippen molar-refractivity contribution in [3.05, 3.63) is 77.1 Å². The average molecular weight is 451 g/mol. The summed E-state index contributed by atoms with van der Waals surface area (Å²) >= 11 is 1.36. The maximum absolute atomic E-state index is 12.6. The summed E-state index contributed by atoms with van der Waals surface area (Å²) in [6, 6.07) is 12.2. The first-order chi connectivity index (χ1) is 15.4. The van der Waals surface area contributed by atoms with Crippen molar-refractivity contribution < 1.29 is 9.53 Å². The molecule has 0 aliphatic carbocycles. The summed E-state index contributed by atoms with van der Waals surface area (Å²) in [5.74, 6) is 1.70. The number of amides is 1. The first kappa shape index (κ1) is 23.6. The van der Waals surface area contributed by atoms with Gasteiger partial charge in [0.05, 0.1) is 5.75 Å². The third-order valence-electron chi connectivity index (χ3n) is 5.14. The second kappa shape index (κ2) is 11.0. The largest absolute Gasteiger partial charge is 0.485 e. The number of ether oxygens (including phenoxy) is 1. The highest BCUT2D eigenvalue weighted by atomic mass is 32.2. The van der Waals surface area contributed by atoms with Crippen LogP contribution < -0.4 is 10.1 Å². The summed E-state index contributed by atoms with van der Waals surface area (Å²) < 4.78 is 7.93. The first-order valence-electron chi connectivity index (χ1n) is 10.7. The lowest BCUT2D eigenvalue weighted by Crippen LogP contribution is -2.17. The molecule has 3 aromatic rings. The summed E-state index contributed by atoms with van der Waals surface area (Å²) in [4.78, 5) is 12.6. The monoisotopic (exact) mass is 450 g/mol. The van der Waals surface area contributed by atoms with Crippen LogP contribution in [0, 0.1) is 20.8 Å². The van der Waals surface area contributed by atoms with Crippen LogP contribution in [0.3, 0.4) is 0 Å². The number of hydrogen-bond acceptors (Lipinski definition) is 5. The van der Waals surface area contributed by atoms with Gasteiger partial charge in [-0.2, -0.15) is 0 Å². The molecular formula is C25H30N4O2S. The van der Waals surface area contributed by atoms with Gasteiger partial charge in [0.25, 0.3) is 0 Å². The quantitative estimate of drug-likeness (QED) is 0.337. The molecule has 168 valence electrons. The minimum absolute atomic E-state index is 0.0691. The van der Waals surface area contributed by atoms with Gasteiger partial charge in [0.15, 0.2) is 11.0 Å². The minimum atomic E-state index is -0.0691. The normalized spacial score (nSPS) is 10.8. The molecule has 1 aromatic heterocycles. The highest BCUT2D eigenvalue weighted by Gasteiger charge is 2.15. The molecule has 0 fully saturated rings. The van der Waals surface area contributed by atoms with Crippen molar-refractivity contribution in [2.45, 2.75) is 52.4 Å². The Hall–Kier alpha value is -3.06. The van der Waals surface area contributed by atoms with Crippen LogP contribution in [0.2, 0.25) is 0 Å². The van der Waals surface area contributed by atoms with Crippen LogP contribution in [-0.2, 0) is 24.4 Å². The zero-order chi connectivity index (χ0) is 23.1. The molecule has 3 rings (SSSR count). The molecule has 0 saturated heterocycles. The van der Waals surface area contributed by atoms with E-state index >= 15 is 0 Å². The van der Waals surface area contributed by atoms with Gasteiger partial charge in [-0.3, -0.25) is 9.36 Å². The number of carbonyl (C=O) groups is 1. The molecule has 0 saturated carbocycles. The number of hydrogen-bond donors (Lipinski definition) is 1. The van der Waals surface area contributed by atoms with E-state index in [0.717, 1.165) is 40.1 Å². The predicted molar refractivity (Wildman–Crippen MR) is 130 cm³/mol. The molecule has 0 aliphatic heterocycles. The third kappa shape index (κ3) is 5.79. The van der Waals surface area contributed by atoms with Gasteiger partial charge in [-0.05, 0) is 55.5 Å². The molecule has 0 radical (unpaired) electrons. The van der Waals surface area contributed by atoms with E-state index in [0.29, 0.717) is 24.1 Å². The number of carbonyl (C=O) groups excluding carboxylic acids is 1. The van der Waals surface area contributed by atoms with Crippen LogP contribution in [0.4, 0.5) is 5.69 Å². The molecule has 1 amide bonds. The fourth-order valence-corrected chi connectivity index (χ4v) is 4.12. The van der Waals surface area contributed by atoms with Crippen LogP contribution in [0.15, 0.2) is 54.2 Å². The molecule has 0 aliphatic rings. The summed E-state index contributed by atoms with van der Waals surface area (Å²) in [5.41, 5.74) is 5.29. The predicted octanol–water partition coefficient (Wildman–Crippen LogP) is 5.26. The summed E-state index contributed by atoms with van der Waals surface area (Å²) in [6.45, 7) is 12.8. The number of anilines is 1. The van der Waals surface area contributed by atoms with Crippen LogP contribution in [0.25, 0.3) is 0 Å². The number of thioether (sulfide) groups is 1. The van der Waals surface area contributed by atoms with E-state index in [2.05, 4.69) is 35.1 Å². The fourth-order valence-electron chi connectivity index (χ4n) is 3.36. The summed E-state index contributed by atoms with van der Waals surface area (Å²) in [7, 11) is 0. The molecule has 1 heterocycles. The van der Waals surface area contributed by atoms with Crippen LogP contribution in [0.5, 0.6) is 5.75 Å². The van der Waals surface area contributed by atoms with Gasteiger partial charge in [-0.25, -0.2) is 0 Å². The Balaban J connectivity index is 1.67. The van der Waals surface area contributed by atoms with Gasteiger partial charge in [0, 0.05) is 12.2 Å². The van der Waals surface area contributed by atoms with E-state index in [1.54, 1.807) is 6.08 Å². The molecule has 6 nitrogen and oxygen atoms in total. The highest BCUT2D eigenvalue weighted by Crippen LogP contribution is 2.24. The van der Waals surface area contributed by atoms with E-state index in [4.69, 9.17) is 4.74 Å². The van der Waals surface area contributed by atoms with Crippen molar-refractivity contribution in [2.24, 2.45) is 0 Å². The van der Waals surface area contributed by atoms with Gasteiger partial charge in [0.1, 0.15) is 12.4 Å². The average Bonchev–Trinajstić information content (AvgIpc) is 3.16. The molecule has 7 heteroatoms. The van der Waals surface area contributed by atoms with Gasteiger partial charge in [-0.15, -0.1) is 16.8 Å². The van der Waals surface area contributed by atoms with Crippen molar-refractivity contribution in [1.29, 1.82) is 0 Å². The second-order valence-electron chi connectivity index (χ2n) is 7.66. The van der Waals surface area contributed by atoms with Crippen LogP contribution in [0.1, 0.15) is 35.0 Å². The molecule has 1 N–H and O–H groups in total. The van der Waals surface area contributed by atoms with E-state index < -0.39 is 0 Å². The molecule has 32 heavy (non-hydrogen) atoms. The van der Waals surface area contributed by atoms with Gasteiger partial charge in [0.2, 0.25) is 5.91 Å². The van der Waals surface area contributed by atoms with E-state index in [1.165, 1.54) is 11.8 Å². The Morgan fingerprint density at radius 3 is 2.75 bits per heavy atom. The number of nitrogens with one attached hydrogen (secondary N) is 1. The summed E-state index contributed by atoms with van der Waals surface area (Å²) in [5, 5.41) is 12.3. The molecular weight excluding hydrogens is 420 g/mol. The lowest BCUT2D eigenvalue weighted by molar-refractivity contribution is -0.113. The minimum Gasteiger partial charge on any atom is -0.485 e. The first-order valence-corrected chi connectivity index (χ1v) is 11.7. The zero-order valence-electron chi connectivity index (χ0n) is 19.1. The standard InChI is InChI=1S/C25H30N4O2S/c1-6-13-29-22(15-31-21-14-17(3)11-12-18(21)4)27-28-25(29)32-16-23(30)26-24-19(5)9-8-10-20(24)7-2/h6,8-12,14H,1,7,13,15-16H2,2-5H3,(H,26,30). The molecule has 0 bridgehead atoms. The molecule has 0 spiro atoms. The van der Waals surface area contributed by atoms with E-state index in [1.807, 2.05) is 55.7 Å². The molecule has 0 unspecified atom stereocenters. The van der Waals surface area contributed by atoms with Crippen molar-refractivity contribution in [3.8, 4) is 5.75 Å². The van der Waals surface area contributed by atoms with E-state index in [-0.39, 0.29) is 11.7 Å². The lowest BCUT2D eigenvalue weighted by Gasteiger charge is -2.13. The Morgan fingerprint density at radius 2 is 2.00 bits per heavy atom. The molecule has 2 aromatic carbocycles. The molecule has 0 atom stereocenters. The number of aromatic nitrogens is 3. The number of allylic oxidation sites excluding steroid dienone is 1. The lowest BCUT2D eigenvalue weighted by atomic mass is 10.1. The fraction of sp³-hybridized carbons (Fsp3) is 0.320. The Bertz CT molecular complexity index is 1110. The van der Waals surface area contributed by atoms with Crippen molar-refractivity contribution in [2.75, 3.05) is 11.1 Å². The zero-order valence-corrected chi connectivity index (χ0v) is 20.0. The number of nitrogens with zero attached hydrogens (tertiary/aromatic N) is 3. The number of para-hydroxylation sites is 1. The smallest absolute Gasteiger partial charge is 0.234 e. The second-order valence-corrected chi connectivity index (χ2v) is 8.60. The van der Waals surface area contributed by atoms with Gasteiger partial charge >= 0.3 is 0 Å². The van der Waals surface area contributed by atoms with Gasteiger partial charge < -0.3 is 10.1 Å². The number of rotatable bonds is 10. The Morgan fingerprint density at radius 1 is 1.19 bits per heavy atom. The van der Waals surface area contributed by atoms with Crippen molar-refractivity contribution in [1.82, 2.24) is 14.8 Å². The summed E-state index contributed by atoms with van der Waals surface area (Å²) in [6.07, 6.45) is 2.65. The van der Waals surface area contributed by atoms with Crippen LogP contribution >= 0.6 is 11.8 Å². The maximum Gasteiger partial charge on any atom is 0.234 e. The Kier molecular flexibility index (Phi) is 8.11. The SMILES string of the molecule is C=CCn1c(COc2cc(C)ccc2C)nnc1SCC(=O)Nc1c(C)cccc1CC. The number of benzene rings is 2. The maximum atomic E-state index is 12.6. The number of aryl methyl sites for hydroxylation is 4. The van der Waals surface area contributed by atoms with Crippen LogP contribution in [-0.4, -0.2) is 26.4 Å². The van der Waals surface area contributed by atoms with Crippen molar-refractivity contribution in [3.63, 3.8) is 0 Å². The third-order valence-corrected chi connectivity index (χ3v) is 6.11. The van der Waals surface area contributed by atoms with Crippen molar-refractivity contribution >= 4 is 23.4 Å². The highest BCUT2D eigenvalue weighted by molar-refractivity contribution is 7.99. The van der Waals surface area contributed by atoms with Gasteiger partial charge in [-0.1, -0.05) is 55.1 Å². The van der Waals surface area contributed by atoms with E-state index in [9.17, 15) is 4.79 Å². The topological polar surface area (TPSA) is 69.0 Å².